The first-order valence-corrected chi connectivity index (χ1v) is 10.7. The molecular weight excluding hydrogens is 392 g/mol. The Morgan fingerprint density at radius 2 is 1.65 bits per heavy atom. The average molecular weight is 416 g/mol. The molecule has 6 heteroatoms. The molecule has 3 aliphatic rings. The van der Waals surface area contributed by atoms with Crippen LogP contribution in [0, 0.1) is 23.7 Å². The van der Waals surface area contributed by atoms with Crippen molar-refractivity contribution in [3.05, 3.63) is 71.8 Å². The minimum absolute atomic E-state index is 0.0221. The van der Waals surface area contributed by atoms with E-state index in [0.29, 0.717) is 17.8 Å². The Morgan fingerprint density at radius 3 is 2.39 bits per heavy atom. The molecule has 1 saturated carbocycles. The SMILES string of the molecule is O=C(O)[C@H]1[C@H](C(=O)Nc2ccc(C(=O)N3CCCc4ccccc43)cc2)[C@H]2C=C[C@H]1C2. The number of carbonyl (C=O) groups excluding carboxylic acids is 2. The lowest BCUT2D eigenvalue weighted by Crippen LogP contribution is -2.36. The van der Waals surface area contributed by atoms with Crippen LogP contribution < -0.4 is 10.2 Å². The van der Waals surface area contributed by atoms with E-state index in [9.17, 15) is 19.5 Å². The monoisotopic (exact) mass is 416 g/mol. The van der Waals surface area contributed by atoms with E-state index in [2.05, 4.69) is 11.4 Å². The number of aliphatic carboxylic acids is 1. The van der Waals surface area contributed by atoms with Crippen molar-refractivity contribution in [1.29, 1.82) is 0 Å². The summed E-state index contributed by atoms with van der Waals surface area (Å²) in [6.45, 7) is 0.683. The van der Waals surface area contributed by atoms with Crippen LogP contribution in [0.4, 0.5) is 11.4 Å². The highest BCUT2D eigenvalue weighted by Crippen LogP contribution is 2.48. The van der Waals surface area contributed by atoms with Gasteiger partial charge in [-0.3, -0.25) is 14.4 Å². The van der Waals surface area contributed by atoms with Crippen molar-refractivity contribution in [1.82, 2.24) is 0 Å². The molecule has 1 aliphatic heterocycles. The molecule has 2 bridgehead atoms. The van der Waals surface area contributed by atoms with Gasteiger partial charge in [0.25, 0.3) is 5.91 Å². The molecule has 2 aromatic carbocycles. The number of carbonyl (C=O) groups is 3. The van der Waals surface area contributed by atoms with Crippen LogP contribution in [-0.4, -0.2) is 29.4 Å². The minimum Gasteiger partial charge on any atom is -0.481 e. The van der Waals surface area contributed by atoms with Crippen molar-refractivity contribution in [3.8, 4) is 0 Å². The first-order valence-electron chi connectivity index (χ1n) is 10.7. The molecule has 2 aliphatic carbocycles. The fraction of sp³-hybridized carbons (Fsp3) is 0.320. The van der Waals surface area contributed by atoms with Gasteiger partial charge in [0.05, 0.1) is 11.8 Å². The van der Waals surface area contributed by atoms with Crippen LogP contribution in [-0.2, 0) is 16.0 Å². The Labute approximate surface area is 180 Å². The van der Waals surface area contributed by atoms with Gasteiger partial charge in [0, 0.05) is 23.5 Å². The molecule has 4 atom stereocenters. The van der Waals surface area contributed by atoms with Gasteiger partial charge in [-0.2, -0.15) is 0 Å². The summed E-state index contributed by atoms with van der Waals surface area (Å²) in [7, 11) is 0. The molecule has 2 aromatic rings. The van der Waals surface area contributed by atoms with Gasteiger partial charge >= 0.3 is 5.97 Å². The van der Waals surface area contributed by atoms with Crippen LogP contribution in [0.15, 0.2) is 60.7 Å². The Balaban J connectivity index is 1.30. The quantitative estimate of drug-likeness (QED) is 0.744. The van der Waals surface area contributed by atoms with Gasteiger partial charge in [-0.05, 0) is 67.0 Å². The average Bonchev–Trinajstić information content (AvgIpc) is 3.41. The van der Waals surface area contributed by atoms with Crippen LogP contribution in [0.3, 0.4) is 0 Å². The number of amides is 2. The van der Waals surface area contributed by atoms with Crippen LogP contribution in [0.25, 0.3) is 0 Å². The van der Waals surface area contributed by atoms with E-state index < -0.39 is 17.8 Å². The summed E-state index contributed by atoms with van der Waals surface area (Å²) in [5.41, 5.74) is 3.26. The van der Waals surface area contributed by atoms with E-state index in [1.54, 1.807) is 24.3 Å². The van der Waals surface area contributed by atoms with Crippen LogP contribution in [0.5, 0.6) is 0 Å². The molecule has 0 spiro atoms. The highest BCUT2D eigenvalue weighted by Gasteiger charge is 2.51. The maximum absolute atomic E-state index is 13.1. The molecule has 0 aromatic heterocycles. The van der Waals surface area contributed by atoms with E-state index in [1.807, 2.05) is 35.3 Å². The third-order valence-electron chi connectivity index (χ3n) is 6.80. The van der Waals surface area contributed by atoms with Gasteiger partial charge in [0.2, 0.25) is 5.91 Å². The number of aryl methyl sites for hydroxylation is 1. The van der Waals surface area contributed by atoms with Gasteiger partial charge in [0.1, 0.15) is 0 Å². The largest absolute Gasteiger partial charge is 0.481 e. The zero-order chi connectivity index (χ0) is 21.5. The number of rotatable bonds is 4. The third kappa shape index (κ3) is 3.42. The second kappa shape index (κ2) is 7.69. The fourth-order valence-corrected chi connectivity index (χ4v) is 5.34. The number of anilines is 2. The summed E-state index contributed by atoms with van der Waals surface area (Å²) in [6, 6.07) is 14.8. The van der Waals surface area contributed by atoms with Gasteiger partial charge < -0.3 is 15.3 Å². The first-order chi connectivity index (χ1) is 15.0. The molecule has 0 saturated heterocycles. The normalized spacial score (nSPS) is 25.9. The number of fused-ring (bicyclic) bond motifs is 3. The van der Waals surface area contributed by atoms with E-state index in [-0.39, 0.29) is 23.7 Å². The molecule has 2 amide bonds. The molecule has 5 rings (SSSR count). The summed E-state index contributed by atoms with van der Waals surface area (Å²) in [5.74, 6) is -2.56. The van der Waals surface area contributed by atoms with Gasteiger partial charge in [-0.15, -0.1) is 0 Å². The van der Waals surface area contributed by atoms with Crippen molar-refractivity contribution >= 4 is 29.2 Å². The molecule has 1 heterocycles. The zero-order valence-corrected chi connectivity index (χ0v) is 17.0. The highest BCUT2D eigenvalue weighted by molar-refractivity contribution is 6.07. The van der Waals surface area contributed by atoms with Crippen molar-refractivity contribution in [3.63, 3.8) is 0 Å². The number of allylic oxidation sites excluding steroid dienone is 2. The molecular formula is C25H24N2O4. The molecule has 31 heavy (non-hydrogen) atoms. The lowest BCUT2D eigenvalue weighted by Gasteiger charge is -2.29. The number of nitrogens with zero attached hydrogens (tertiary/aromatic N) is 1. The summed E-state index contributed by atoms with van der Waals surface area (Å²) >= 11 is 0. The van der Waals surface area contributed by atoms with Gasteiger partial charge in [0.15, 0.2) is 0 Å². The Hall–Kier alpha value is -3.41. The number of nitrogens with one attached hydrogen (secondary N) is 1. The molecule has 0 unspecified atom stereocenters. The van der Waals surface area contributed by atoms with Crippen LogP contribution >= 0.6 is 0 Å². The summed E-state index contributed by atoms with van der Waals surface area (Å²) in [6.07, 6.45) is 6.51. The van der Waals surface area contributed by atoms with Gasteiger partial charge in [-0.1, -0.05) is 30.4 Å². The molecule has 2 N–H and O–H groups in total. The smallest absolute Gasteiger partial charge is 0.307 e. The van der Waals surface area contributed by atoms with Crippen molar-refractivity contribution in [2.75, 3.05) is 16.8 Å². The van der Waals surface area contributed by atoms with E-state index in [0.717, 1.165) is 24.9 Å². The summed E-state index contributed by atoms with van der Waals surface area (Å²) in [5, 5.41) is 12.4. The number of hydrogen-bond donors (Lipinski definition) is 2. The Bertz CT molecular complexity index is 1080. The number of benzene rings is 2. The van der Waals surface area contributed by atoms with Crippen molar-refractivity contribution < 1.29 is 19.5 Å². The molecule has 1 fully saturated rings. The molecule has 158 valence electrons. The molecule has 6 nitrogen and oxygen atoms in total. The van der Waals surface area contributed by atoms with E-state index >= 15 is 0 Å². The maximum Gasteiger partial charge on any atom is 0.307 e. The van der Waals surface area contributed by atoms with Crippen molar-refractivity contribution in [2.45, 2.75) is 19.3 Å². The second-order valence-corrected chi connectivity index (χ2v) is 8.59. The third-order valence-corrected chi connectivity index (χ3v) is 6.80. The van der Waals surface area contributed by atoms with E-state index in [4.69, 9.17) is 0 Å². The van der Waals surface area contributed by atoms with Gasteiger partial charge in [-0.25, -0.2) is 0 Å². The Morgan fingerprint density at radius 1 is 0.935 bits per heavy atom. The number of para-hydroxylation sites is 1. The standard InChI is InChI=1S/C25H24N2O4/c28-23(21-17-7-8-18(14-17)22(21)25(30)31)26-19-11-9-16(10-12-19)24(29)27-13-3-5-15-4-1-2-6-20(15)27/h1-2,4,6-12,17-18,21-22H,3,5,13-14H2,(H,26,28)(H,30,31)/t17-,18-,21+,22+/m0/s1. The summed E-state index contributed by atoms with van der Waals surface area (Å²) in [4.78, 5) is 39.4. The van der Waals surface area contributed by atoms with Crippen LogP contribution in [0.1, 0.15) is 28.8 Å². The number of carboxylic acids is 1. The number of hydrogen-bond acceptors (Lipinski definition) is 3. The lowest BCUT2D eigenvalue weighted by atomic mass is 9.82. The minimum atomic E-state index is -0.917. The maximum atomic E-state index is 13.1. The lowest BCUT2D eigenvalue weighted by molar-refractivity contribution is -0.146. The predicted octanol–water partition coefficient (Wildman–Crippen LogP) is 3.74. The molecule has 0 radical (unpaired) electrons. The van der Waals surface area contributed by atoms with Crippen molar-refractivity contribution in [2.24, 2.45) is 23.7 Å². The zero-order valence-electron chi connectivity index (χ0n) is 17.0. The van der Waals surface area contributed by atoms with E-state index in [1.165, 1.54) is 5.56 Å². The second-order valence-electron chi connectivity index (χ2n) is 8.59. The van der Waals surface area contributed by atoms with Crippen LogP contribution in [0.2, 0.25) is 0 Å². The summed E-state index contributed by atoms with van der Waals surface area (Å²) < 4.78 is 0. The predicted molar refractivity (Wildman–Crippen MR) is 117 cm³/mol. The topological polar surface area (TPSA) is 86.7 Å². The highest BCUT2D eigenvalue weighted by atomic mass is 16.4. The Kier molecular flexibility index (Phi) is 4.85. The number of carboxylic acid groups (broad SMARTS) is 1. The fourth-order valence-electron chi connectivity index (χ4n) is 5.34. The first kappa shape index (κ1) is 19.5.